The van der Waals surface area contributed by atoms with E-state index in [1.807, 2.05) is 6.92 Å². The molecule has 2 aromatic rings. The van der Waals surface area contributed by atoms with E-state index in [1.54, 1.807) is 30.3 Å². The lowest BCUT2D eigenvalue weighted by molar-refractivity contribution is -0.117. The molecule has 22 heavy (non-hydrogen) atoms. The second kappa shape index (κ2) is 5.85. The summed E-state index contributed by atoms with van der Waals surface area (Å²) in [6.07, 6.45) is 2.32. The van der Waals surface area contributed by atoms with Crippen molar-refractivity contribution in [3.05, 3.63) is 47.4 Å². The van der Waals surface area contributed by atoms with Gasteiger partial charge in [0.15, 0.2) is 5.76 Å². The van der Waals surface area contributed by atoms with Gasteiger partial charge in [-0.1, -0.05) is 18.5 Å². The maximum Gasteiger partial charge on any atom is 0.291 e. The number of carbonyl (C=O) groups excluding carboxylic acids is 2. The van der Waals surface area contributed by atoms with Crippen LogP contribution in [0.4, 0.5) is 11.4 Å². The Morgan fingerprint density at radius 2 is 2.00 bits per heavy atom. The van der Waals surface area contributed by atoms with Crippen LogP contribution in [0.15, 0.2) is 41.0 Å². The van der Waals surface area contributed by atoms with Crippen LogP contribution < -0.4 is 10.6 Å². The highest BCUT2D eigenvalue weighted by molar-refractivity contribution is 6.31. The number of halogens is 1. The van der Waals surface area contributed by atoms with Gasteiger partial charge in [-0.2, -0.15) is 0 Å². The Morgan fingerprint density at radius 3 is 2.64 bits per heavy atom. The van der Waals surface area contributed by atoms with Crippen LogP contribution in [-0.4, -0.2) is 11.8 Å². The molecule has 2 N–H and O–H groups in total. The van der Waals surface area contributed by atoms with E-state index in [2.05, 4.69) is 10.6 Å². The SMILES string of the molecule is CC1CC1C(=O)Nc1ccc(Cl)cc1NC(=O)c1ccco1. The zero-order chi connectivity index (χ0) is 15.7. The van der Waals surface area contributed by atoms with Gasteiger partial charge in [0.1, 0.15) is 0 Å². The van der Waals surface area contributed by atoms with Crippen LogP contribution in [-0.2, 0) is 4.79 Å². The second-order valence-corrected chi connectivity index (χ2v) is 5.87. The van der Waals surface area contributed by atoms with Crippen molar-refractivity contribution in [3.63, 3.8) is 0 Å². The highest BCUT2D eigenvalue weighted by Gasteiger charge is 2.39. The molecule has 0 spiro atoms. The molecule has 1 aromatic carbocycles. The topological polar surface area (TPSA) is 71.3 Å². The smallest absolute Gasteiger partial charge is 0.291 e. The van der Waals surface area contributed by atoms with E-state index < -0.39 is 5.91 Å². The molecular formula is C16H15ClN2O3. The third-order valence-corrected chi connectivity index (χ3v) is 3.91. The van der Waals surface area contributed by atoms with Crippen molar-refractivity contribution in [1.82, 2.24) is 0 Å². The van der Waals surface area contributed by atoms with Gasteiger partial charge in [-0.15, -0.1) is 0 Å². The van der Waals surface area contributed by atoms with E-state index in [0.717, 1.165) is 6.42 Å². The Balaban J connectivity index is 1.78. The number of hydrogen-bond donors (Lipinski definition) is 2. The van der Waals surface area contributed by atoms with Crippen molar-refractivity contribution < 1.29 is 14.0 Å². The molecule has 2 unspecified atom stereocenters. The maximum atomic E-state index is 12.1. The standard InChI is InChI=1S/C16H15ClN2O3/c1-9-7-11(9)15(20)18-12-5-4-10(17)8-13(12)19-16(21)14-3-2-6-22-14/h2-6,8-9,11H,7H2,1H3,(H,18,20)(H,19,21). The quantitative estimate of drug-likeness (QED) is 0.901. The van der Waals surface area contributed by atoms with Crippen molar-refractivity contribution in [2.24, 2.45) is 11.8 Å². The molecular weight excluding hydrogens is 304 g/mol. The summed E-state index contributed by atoms with van der Waals surface area (Å²) < 4.78 is 5.05. The van der Waals surface area contributed by atoms with Crippen LogP contribution in [0.3, 0.4) is 0 Å². The van der Waals surface area contributed by atoms with Gasteiger partial charge in [-0.3, -0.25) is 9.59 Å². The van der Waals surface area contributed by atoms with Crippen LogP contribution in [0.1, 0.15) is 23.9 Å². The molecule has 5 nitrogen and oxygen atoms in total. The average Bonchev–Trinajstić information content (AvgIpc) is 3.00. The number of benzene rings is 1. The lowest BCUT2D eigenvalue weighted by atomic mass is 10.2. The van der Waals surface area contributed by atoms with Gasteiger partial charge in [0, 0.05) is 10.9 Å². The van der Waals surface area contributed by atoms with Gasteiger partial charge in [0.05, 0.1) is 17.6 Å². The lowest BCUT2D eigenvalue weighted by Crippen LogP contribution is -2.18. The fourth-order valence-corrected chi connectivity index (χ4v) is 2.41. The van der Waals surface area contributed by atoms with Crippen molar-refractivity contribution in [2.75, 3.05) is 10.6 Å². The molecule has 114 valence electrons. The van der Waals surface area contributed by atoms with Gasteiger partial charge < -0.3 is 15.1 Å². The minimum Gasteiger partial charge on any atom is -0.459 e. The highest BCUT2D eigenvalue weighted by Crippen LogP contribution is 2.39. The van der Waals surface area contributed by atoms with Crippen LogP contribution in [0, 0.1) is 11.8 Å². The van der Waals surface area contributed by atoms with Gasteiger partial charge >= 0.3 is 0 Å². The third-order valence-electron chi connectivity index (χ3n) is 3.68. The van der Waals surface area contributed by atoms with Gasteiger partial charge in [-0.05, 0) is 42.7 Å². The number of amides is 2. The van der Waals surface area contributed by atoms with Gasteiger partial charge in [0.2, 0.25) is 5.91 Å². The Hall–Kier alpha value is -2.27. The first-order valence-corrected chi connectivity index (χ1v) is 7.37. The fourth-order valence-electron chi connectivity index (χ4n) is 2.23. The van der Waals surface area contributed by atoms with E-state index in [0.29, 0.717) is 22.3 Å². The Morgan fingerprint density at radius 1 is 1.23 bits per heavy atom. The van der Waals surface area contributed by atoms with Crippen LogP contribution >= 0.6 is 11.6 Å². The summed E-state index contributed by atoms with van der Waals surface area (Å²) in [5, 5.41) is 6.00. The summed E-state index contributed by atoms with van der Waals surface area (Å²) in [5.74, 6) is 0.205. The van der Waals surface area contributed by atoms with Gasteiger partial charge in [-0.25, -0.2) is 0 Å². The Bertz CT molecular complexity index is 712. The zero-order valence-corrected chi connectivity index (χ0v) is 12.7. The first kappa shape index (κ1) is 14.7. The molecule has 1 fully saturated rings. The molecule has 1 aromatic heterocycles. The fraction of sp³-hybridized carbons (Fsp3) is 0.250. The molecule has 0 radical (unpaired) electrons. The van der Waals surface area contributed by atoms with E-state index >= 15 is 0 Å². The minimum atomic E-state index is -0.400. The number of carbonyl (C=O) groups is 2. The molecule has 6 heteroatoms. The van der Waals surface area contributed by atoms with Crippen LogP contribution in [0.25, 0.3) is 0 Å². The summed E-state index contributed by atoms with van der Waals surface area (Å²) in [5.41, 5.74) is 0.962. The first-order chi connectivity index (χ1) is 10.5. The zero-order valence-electron chi connectivity index (χ0n) is 11.9. The first-order valence-electron chi connectivity index (χ1n) is 7.00. The molecule has 3 rings (SSSR count). The molecule has 0 aliphatic heterocycles. The van der Waals surface area contributed by atoms with Crippen LogP contribution in [0.5, 0.6) is 0 Å². The van der Waals surface area contributed by atoms with E-state index in [9.17, 15) is 9.59 Å². The number of nitrogens with one attached hydrogen (secondary N) is 2. The third kappa shape index (κ3) is 3.14. The van der Waals surface area contributed by atoms with Crippen molar-refractivity contribution >= 4 is 34.8 Å². The van der Waals surface area contributed by atoms with Crippen LogP contribution in [0.2, 0.25) is 5.02 Å². The minimum absolute atomic E-state index is 0.0386. The van der Waals surface area contributed by atoms with E-state index in [4.69, 9.17) is 16.0 Å². The number of rotatable bonds is 4. The molecule has 2 amide bonds. The lowest BCUT2D eigenvalue weighted by Gasteiger charge is -2.12. The van der Waals surface area contributed by atoms with Gasteiger partial charge in [0.25, 0.3) is 5.91 Å². The summed E-state index contributed by atoms with van der Waals surface area (Å²) in [6, 6.07) is 8.11. The highest BCUT2D eigenvalue weighted by atomic mass is 35.5. The maximum absolute atomic E-state index is 12.1. The second-order valence-electron chi connectivity index (χ2n) is 5.43. The normalized spacial score (nSPS) is 19.5. The largest absolute Gasteiger partial charge is 0.459 e. The molecule has 2 atom stereocenters. The summed E-state index contributed by atoms with van der Waals surface area (Å²) >= 11 is 5.97. The molecule has 0 bridgehead atoms. The van der Waals surface area contributed by atoms with Crippen molar-refractivity contribution in [2.45, 2.75) is 13.3 Å². The molecule has 1 aliphatic rings. The molecule has 0 saturated heterocycles. The van der Waals surface area contributed by atoms with Crippen molar-refractivity contribution in [3.8, 4) is 0 Å². The van der Waals surface area contributed by atoms with E-state index in [1.165, 1.54) is 6.26 Å². The Labute approximate surface area is 132 Å². The van der Waals surface area contributed by atoms with E-state index in [-0.39, 0.29) is 17.6 Å². The summed E-state index contributed by atoms with van der Waals surface area (Å²) in [4.78, 5) is 24.1. The Kier molecular flexibility index (Phi) is 3.90. The monoisotopic (exact) mass is 318 g/mol. The predicted molar refractivity (Wildman–Crippen MR) is 84.0 cm³/mol. The number of anilines is 2. The molecule has 1 heterocycles. The average molecular weight is 319 g/mol. The van der Waals surface area contributed by atoms with Crippen molar-refractivity contribution in [1.29, 1.82) is 0 Å². The molecule has 1 aliphatic carbocycles. The number of hydrogen-bond acceptors (Lipinski definition) is 3. The summed E-state index contributed by atoms with van der Waals surface area (Å²) in [6.45, 7) is 2.03. The summed E-state index contributed by atoms with van der Waals surface area (Å²) in [7, 11) is 0. The number of furan rings is 1. The predicted octanol–water partition coefficient (Wildman–Crippen LogP) is 3.78. The molecule has 1 saturated carbocycles.